The van der Waals surface area contributed by atoms with Gasteiger partial charge in [0.1, 0.15) is 5.75 Å². The summed E-state index contributed by atoms with van der Waals surface area (Å²) in [5.41, 5.74) is 1.15. The molecule has 0 aliphatic carbocycles. The zero-order chi connectivity index (χ0) is 19.5. The smallest absolute Gasteiger partial charge is 0.191 e. The molecule has 1 atom stereocenters. The van der Waals surface area contributed by atoms with Crippen molar-refractivity contribution in [1.29, 1.82) is 0 Å². The number of hydrogen-bond donors (Lipinski definition) is 2. The maximum absolute atomic E-state index is 5.58. The average molecular weight is 377 g/mol. The zero-order valence-corrected chi connectivity index (χ0v) is 17.3. The minimum Gasteiger partial charge on any atom is -0.494 e. The van der Waals surface area contributed by atoms with Crippen LogP contribution in [0.25, 0.3) is 0 Å². The second-order valence-corrected chi connectivity index (χ2v) is 7.12. The van der Waals surface area contributed by atoms with Crippen LogP contribution in [0.3, 0.4) is 0 Å². The Morgan fingerprint density at radius 2 is 2.00 bits per heavy atom. The summed E-state index contributed by atoms with van der Waals surface area (Å²) in [7, 11) is 0. The van der Waals surface area contributed by atoms with Crippen LogP contribution in [0, 0.1) is 5.92 Å². The number of aliphatic imine (C=N–C) groups is 1. The molecule has 1 fully saturated rings. The Labute approximate surface area is 164 Å². The Morgan fingerprint density at radius 1 is 1.22 bits per heavy atom. The first-order chi connectivity index (χ1) is 13.1. The first kappa shape index (κ1) is 21.5. The number of nitrogens with one attached hydrogen (secondary N) is 2. The molecule has 1 aliphatic heterocycles. The normalized spacial score (nSPS) is 17.0. The Hall–Kier alpha value is -1.79. The molecule has 1 unspecified atom stereocenters. The van der Waals surface area contributed by atoms with E-state index in [2.05, 4.69) is 48.4 Å². The lowest BCUT2D eigenvalue weighted by Crippen LogP contribution is -2.52. The van der Waals surface area contributed by atoms with E-state index in [1.54, 1.807) is 0 Å². The van der Waals surface area contributed by atoms with Gasteiger partial charge in [0.2, 0.25) is 0 Å². The third-order valence-corrected chi connectivity index (χ3v) is 4.74. The molecule has 0 saturated carbocycles. The van der Waals surface area contributed by atoms with Crippen LogP contribution in [-0.4, -0.2) is 62.9 Å². The molecule has 1 saturated heterocycles. The first-order valence-electron chi connectivity index (χ1n) is 10.2. The van der Waals surface area contributed by atoms with Crippen molar-refractivity contribution in [3.63, 3.8) is 0 Å². The van der Waals surface area contributed by atoms with Crippen LogP contribution in [-0.2, 0) is 11.3 Å². The molecule has 1 aromatic carbocycles. The predicted molar refractivity (Wildman–Crippen MR) is 111 cm³/mol. The molecule has 2 rings (SSSR count). The Balaban J connectivity index is 1.96. The molecule has 0 aromatic heterocycles. The molecule has 0 bridgehead atoms. The minimum absolute atomic E-state index is 0.471. The van der Waals surface area contributed by atoms with Gasteiger partial charge >= 0.3 is 0 Å². The third kappa shape index (κ3) is 7.39. The second kappa shape index (κ2) is 11.8. The molecule has 0 radical (unpaired) electrons. The van der Waals surface area contributed by atoms with Gasteiger partial charge in [0.05, 0.1) is 26.4 Å². The van der Waals surface area contributed by atoms with Crippen molar-refractivity contribution in [2.75, 3.05) is 46.0 Å². The number of ether oxygens (including phenoxy) is 2. The fourth-order valence-electron chi connectivity index (χ4n) is 3.31. The zero-order valence-electron chi connectivity index (χ0n) is 17.3. The summed E-state index contributed by atoms with van der Waals surface area (Å²) in [6, 6.07) is 8.61. The molecule has 6 nitrogen and oxygen atoms in total. The van der Waals surface area contributed by atoms with E-state index < -0.39 is 0 Å². The summed E-state index contributed by atoms with van der Waals surface area (Å²) in [6.07, 6.45) is 0. The van der Waals surface area contributed by atoms with Crippen LogP contribution in [0.5, 0.6) is 5.75 Å². The summed E-state index contributed by atoms with van der Waals surface area (Å²) < 4.78 is 11.1. The highest BCUT2D eigenvalue weighted by Crippen LogP contribution is 2.14. The summed E-state index contributed by atoms with van der Waals surface area (Å²) in [6.45, 7) is 15.3. The van der Waals surface area contributed by atoms with Gasteiger partial charge in [-0.15, -0.1) is 0 Å². The highest BCUT2D eigenvalue weighted by molar-refractivity contribution is 5.79. The maximum Gasteiger partial charge on any atom is 0.191 e. The molecule has 152 valence electrons. The highest BCUT2D eigenvalue weighted by Gasteiger charge is 2.23. The molecule has 1 aromatic rings. The molecular weight excluding hydrogens is 340 g/mol. The Bertz CT molecular complexity index is 571. The van der Waals surface area contributed by atoms with E-state index in [4.69, 9.17) is 14.5 Å². The molecular formula is C21H36N4O2. The summed E-state index contributed by atoms with van der Waals surface area (Å²) in [5, 5.41) is 6.89. The largest absolute Gasteiger partial charge is 0.494 e. The highest BCUT2D eigenvalue weighted by atomic mass is 16.5. The van der Waals surface area contributed by atoms with E-state index in [-0.39, 0.29) is 0 Å². The van der Waals surface area contributed by atoms with E-state index in [0.29, 0.717) is 25.1 Å². The molecule has 6 heteroatoms. The van der Waals surface area contributed by atoms with Crippen LogP contribution < -0.4 is 15.4 Å². The van der Waals surface area contributed by atoms with Crippen molar-refractivity contribution in [2.45, 2.75) is 40.3 Å². The predicted octanol–water partition coefficient (Wildman–Crippen LogP) is 2.50. The maximum atomic E-state index is 5.58. The van der Waals surface area contributed by atoms with Crippen LogP contribution in [0.1, 0.15) is 33.3 Å². The fourth-order valence-corrected chi connectivity index (χ4v) is 3.31. The number of rotatable bonds is 9. The van der Waals surface area contributed by atoms with Gasteiger partial charge in [-0.05, 0) is 37.5 Å². The first-order valence-corrected chi connectivity index (χ1v) is 10.2. The molecule has 0 amide bonds. The molecule has 1 heterocycles. The van der Waals surface area contributed by atoms with Crippen molar-refractivity contribution in [3.05, 3.63) is 29.8 Å². The van der Waals surface area contributed by atoms with Crippen molar-refractivity contribution < 1.29 is 9.47 Å². The summed E-state index contributed by atoms with van der Waals surface area (Å²) in [5.74, 6) is 2.33. The van der Waals surface area contributed by atoms with Gasteiger partial charge < -0.3 is 20.1 Å². The lowest BCUT2D eigenvalue weighted by atomic mass is 10.0. The fraction of sp³-hybridized carbons (Fsp3) is 0.667. The van der Waals surface area contributed by atoms with Crippen LogP contribution >= 0.6 is 0 Å². The summed E-state index contributed by atoms with van der Waals surface area (Å²) in [4.78, 5) is 7.28. The van der Waals surface area contributed by atoms with Crippen molar-refractivity contribution in [1.82, 2.24) is 15.5 Å². The van der Waals surface area contributed by atoms with Gasteiger partial charge in [0, 0.05) is 32.2 Å². The van der Waals surface area contributed by atoms with E-state index in [9.17, 15) is 0 Å². The standard InChI is InChI=1S/C21H36N4O2/c1-5-22-21(23-15-18-8-7-9-19(14-18)27-6-2)24-16-20(17(3)4)25-10-12-26-13-11-25/h7-9,14,17,20H,5-6,10-13,15-16H2,1-4H3,(H2,22,23,24). The topological polar surface area (TPSA) is 58.1 Å². The Morgan fingerprint density at radius 3 is 2.67 bits per heavy atom. The minimum atomic E-state index is 0.471. The van der Waals surface area contributed by atoms with Crippen molar-refractivity contribution >= 4 is 5.96 Å². The van der Waals surface area contributed by atoms with Crippen molar-refractivity contribution in [2.24, 2.45) is 10.9 Å². The number of nitrogens with zero attached hydrogens (tertiary/aromatic N) is 2. The third-order valence-electron chi connectivity index (χ3n) is 4.74. The van der Waals surface area contributed by atoms with E-state index in [1.807, 2.05) is 19.1 Å². The number of benzene rings is 1. The van der Waals surface area contributed by atoms with Gasteiger partial charge in [-0.3, -0.25) is 4.90 Å². The lowest BCUT2D eigenvalue weighted by molar-refractivity contribution is 0.00752. The second-order valence-electron chi connectivity index (χ2n) is 7.12. The van der Waals surface area contributed by atoms with Gasteiger partial charge in [0.15, 0.2) is 5.96 Å². The van der Waals surface area contributed by atoms with E-state index in [1.165, 1.54) is 0 Å². The quantitative estimate of drug-likeness (QED) is 0.512. The lowest BCUT2D eigenvalue weighted by Gasteiger charge is -2.37. The van der Waals surface area contributed by atoms with Gasteiger partial charge in [0.25, 0.3) is 0 Å². The van der Waals surface area contributed by atoms with Crippen LogP contribution in [0.15, 0.2) is 29.3 Å². The van der Waals surface area contributed by atoms with E-state index >= 15 is 0 Å². The van der Waals surface area contributed by atoms with Crippen molar-refractivity contribution in [3.8, 4) is 5.75 Å². The molecule has 27 heavy (non-hydrogen) atoms. The number of morpholine rings is 1. The molecule has 2 N–H and O–H groups in total. The van der Waals surface area contributed by atoms with Crippen LogP contribution in [0.4, 0.5) is 0 Å². The van der Waals surface area contributed by atoms with Gasteiger partial charge in [-0.25, -0.2) is 4.99 Å². The van der Waals surface area contributed by atoms with Gasteiger partial charge in [-0.2, -0.15) is 0 Å². The monoisotopic (exact) mass is 376 g/mol. The number of hydrogen-bond acceptors (Lipinski definition) is 4. The number of guanidine groups is 1. The Kier molecular flexibility index (Phi) is 9.42. The molecule has 1 aliphatic rings. The van der Waals surface area contributed by atoms with Gasteiger partial charge in [-0.1, -0.05) is 26.0 Å². The molecule has 0 spiro atoms. The summed E-state index contributed by atoms with van der Waals surface area (Å²) >= 11 is 0. The van der Waals surface area contributed by atoms with E-state index in [0.717, 1.165) is 56.7 Å². The SMILES string of the molecule is CCNC(=NCc1cccc(OCC)c1)NCC(C(C)C)N1CCOCC1. The van der Waals surface area contributed by atoms with Crippen LogP contribution in [0.2, 0.25) is 0 Å². The average Bonchev–Trinajstić information content (AvgIpc) is 2.67.